The third-order valence-corrected chi connectivity index (χ3v) is 1.59. The van der Waals surface area contributed by atoms with Gasteiger partial charge in [-0.05, 0) is 25.5 Å². The molecule has 0 bridgehead atoms. The molecule has 58 valence electrons. The molecule has 0 saturated heterocycles. The number of ketones is 1. The maximum absolute atomic E-state index is 10.9. The van der Waals surface area contributed by atoms with Crippen LogP contribution in [0.4, 0.5) is 0 Å². The van der Waals surface area contributed by atoms with E-state index in [-0.39, 0.29) is 5.78 Å². The van der Waals surface area contributed by atoms with Gasteiger partial charge in [-0.1, -0.05) is 6.92 Å². The number of nitrogens with zero attached hydrogens (tertiary/aromatic N) is 1. The molecular weight excluding hydrogens is 138 g/mol. The molecule has 1 rings (SSSR count). The van der Waals surface area contributed by atoms with Gasteiger partial charge in [0.05, 0.1) is 0 Å². The molecule has 0 radical (unpaired) electrons. The van der Waals surface area contributed by atoms with Gasteiger partial charge in [0.1, 0.15) is 0 Å². The van der Waals surface area contributed by atoms with Gasteiger partial charge in [0, 0.05) is 17.5 Å². The van der Waals surface area contributed by atoms with Crippen molar-refractivity contribution < 1.29 is 4.79 Å². The minimum absolute atomic E-state index is 0.0992. The Labute approximate surface area is 66.3 Å². The Morgan fingerprint density at radius 2 is 2.36 bits per heavy atom. The maximum Gasteiger partial charge on any atom is 0.159 e. The van der Waals surface area contributed by atoms with Crippen LogP contribution in [0.5, 0.6) is 0 Å². The number of aromatic nitrogens is 1. The normalized spacial score (nSPS) is 9.64. The van der Waals surface area contributed by atoms with E-state index in [0.29, 0.717) is 0 Å². The molecular formula is C9H11NO. The van der Waals surface area contributed by atoms with E-state index in [1.54, 1.807) is 19.2 Å². The number of carbonyl (C=O) groups is 1. The van der Waals surface area contributed by atoms with Crippen molar-refractivity contribution in [3.63, 3.8) is 0 Å². The molecule has 0 aliphatic heterocycles. The lowest BCUT2D eigenvalue weighted by Crippen LogP contribution is -1.95. The van der Waals surface area contributed by atoms with E-state index in [0.717, 1.165) is 17.7 Å². The third-order valence-electron chi connectivity index (χ3n) is 1.59. The van der Waals surface area contributed by atoms with Crippen LogP contribution >= 0.6 is 0 Å². The van der Waals surface area contributed by atoms with Gasteiger partial charge in [-0.15, -0.1) is 0 Å². The summed E-state index contributed by atoms with van der Waals surface area (Å²) in [5.41, 5.74) is 1.72. The second-order valence-corrected chi connectivity index (χ2v) is 2.45. The second kappa shape index (κ2) is 3.28. The largest absolute Gasteiger partial charge is 0.295 e. The van der Waals surface area contributed by atoms with E-state index >= 15 is 0 Å². The molecule has 2 heteroatoms. The van der Waals surface area contributed by atoms with Gasteiger partial charge < -0.3 is 0 Å². The Hall–Kier alpha value is -1.18. The fraction of sp³-hybridized carbons (Fsp3) is 0.333. The highest BCUT2D eigenvalue weighted by Crippen LogP contribution is 2.02. The lowest BCUT2D eigenvalue weighted by molar-refractivity contribution is 0.101. The average Bonchev–Trinajstić information content (AvgIpc) is 2.05. The summed E-state index contributed by atoms with van der Waals surface area (Å²) in [6.07, 6.45) is 2.55. The van der Waals surface area contributed by atoms with Crippen molar-refractivity contribution in [3.8, 4) is 0 Å². The summed E-state index contributed by atoms with van der Waals surface area (Å²) < 4.78 is 0. The summed E-state index contributed by atoms with van der Waals surface area (Å²) in [5, 5.41) is 0. The zero-order valence-electron chi connectivity index (χ0n) is 6.79. The molecule has 0 unspecified atom stereocenters. The summed E-state index contributed by atoms with van der Waals surface area (Å²) in [6, 6.07) is 3.57. The van der Waals surface area contributed by atoms with Crippen LogP contribution in [0.15, 0.2) is 18.3 Å². The molecule has 1 heterocycles. The summed E-state index contributed by atoms with van der Waals surface area (Å²) >= 11 is 0. The van der Waals surface area contributed by atoms with Gasteiger partial charge in [0.2, 0.25) is 0 Å². The molecule has 0 N–H and O–H groups in total. The van der Waals surface area contributed by atoms with Gasteiger partial charge in [0.25, 0.3) is 0 Å². The lowest BCUT2D eigenvalue weighted by Gasteiger charge is -1.97. The zero-order chi connectivity index (χ0) is 8.27. The van der Waals surface area contributed by atoms with E-state index in [1.165, 1.54) is 0 Å². The van der Waals surface area contributed by atoms with Crippen LogP contribution in [-0.2, 0) is 6.42 Å². The first-order chi connectivity index (χ1) is 5.24. The monoisotopic (exact) mass is 149 g/mol. The summed E-state index contributed by atoms with van der Waals surface area (Å²) in [4.78, 5) is 15.0. The van der Waals surface area contributed by atoms with E-state index in [2.05, 4.69) is 4.98 Å². The van der Waals surface area contributed by atoms with Gasteiger partial charge >= 0.3 is 0 Å². The Balaban J connectivity index is 3.01. The van der Waals surface area contributed by atoms with Crippen molar-refractivity contribution in [2.75, 3.05) is 0 Å². The quantitative estimate of drug-likeness (QED) is 0.600. The molecule has 0 saturated carbocycles. The second-order valence-electron chi connectivity index (χ2n) is 2.45. The number of pyridine rings is 1. The number of rotatable bonds is 2. The highest BCUT2D eigenvalue weighted by molar-refractivity contribution is 5.93. The van der Waals surface area contributed by atoms with Crippen molar-refractivity contribution in [3.05, 3.63) is 29.6 Å². The maximum atomic E-state index is 10.9. The third kappa shape index (κ3) is 1.87. The first-order valence-corrected chi connectivity index (χ1v) is 3.70. The Kier molecular flexibility index (Phi) is 2.36. The number of hydrogen-bond donors (Lipinski definition) is 0. The minimum Gasteiger partial charge on any atom is -0.295 e. The number of Topliss-reactive ketones (excluding diaryl/α,β-unsaturated/α-hetero) is 1. The van der Waals surface area contributed by atoms with Crippen LogP contribution in [-0.4, -0.2) is 10.8 Å². The molecule has 1 aromatic rings. The van der Waals surface area contributed by atoms with Gasteiger partial charge in [0.15, 0.2) is 5.78 Å². The van der Waals surface area contributed by atoms with Crippen molar-refractivity contribution in [2.45, 2.75) is 20.3 Å². The molecule has 0 aliphatic rings. The predicted molar refractivity (Wildman–Crippen MR) is 43.6 cm³/mol. The highest BCUT2D eigenvalue weighted by atomic mass is 16.1. The minimum atomic E-state index is 0.0992. The molecule has 2 nitrogen and oxygen atoms in total. The van der Waals surface area contributed by atoms with Crippen LogP contribution in [0.2, 0.25) is 0 Å². The molecule has 1 aromatic heterocycles. The molecule has 0 fully saturated rings. The molecule has 0 aromatic carbocycles. The topological polar surface area (TPSA) is 30.0 Å². The molecule has 11 heavy (non-hydrogen) atoms. The smallest absolute Gasteiger partial charge is 0.159 e. The van der Waals surface area contributed by atoms with Gasteiger partial charge in [-0.25, -0.2) is 0 Å². The standard InChI is InChI=1S/C9H11NO/c1-3-9-6-8(7(2)11)4-5-10-9/h4-6H,3H2,1-2H3. The SMILES string of the molecule is CCc1cc(C(C)=O)ccn1. The first kappa shape index (κ1) is 7.92. The fourth-order valence-corrected chi connectivity index (χ4v) is 0.891. The van der Waals surface area contributed by atoms with Crippen LogP contribution in [0, 0.1) is 0 Å². The number of aryl methyl sites for hydroxylation is 1. The van der Waals surface area contributed by atoms with Crippen LogP contribution < -0.4 is 0 Å². The number of hydrogen-bond acceptors (Lipinski definition) is 2. The van der Waals surface area contributed by atoms with E-state index in [4.69, 9.17) is 0 Å². The Bertz CT molecular complexity index is 268. The Morgan fingerprint density at radius 3 is 2.91 bits per heavy atom. The fourth-order valence-electron chi connectivity index (χ4n) is 0.891. The van der Waals surface area contributed by atoms with Crippen LogP contribution in [0.1, 0.15) is 29.9 Å². The van der Waals surface area contributed by atoms with E-state index in [9.17, 15) is 4.79 Å². The van der Waals surface area contributed by atoms with Crippen molar-refractivity contribution >= 4 is 5.78 Å². The van der Waals surface area contributed by atoms with Crippen LogP contribution in [0.25, 0.3) is 0 Å². The predicted octanol–water partition coefficient (Wildman–Crippen LogP) is 1.85. The summed E-state index contributed by atoms with van der Waals surface area (Å²) in [5.74, 6) is 0.0992. The van der Waals surface area contributed by atoms with Crippen LogP contribution in [0.3, 0.4) is 0 Å². The zero-order valence-corrected chi connectivity index (χ0v) is 6.79. The summed E-state index contributed by atoms with van der Waals surface area (Å²) in [6.45, 7) is 3.58. The van der Waals surface area contributed by atoms with E-state index in [1.807, 2.05) is 13.0 Å². The van der Waals surface area contributed by atoms with Crippen molar-refractivity contribution in [2.24, 2.45) is 0 Å². The molecule has 0 spiro atoms. The van der Waals surface area contributed by atoms with Gasteiger partial charge in [-0.3, -0.25) is 9.78 Å². The summed E-state index contributed by atoms with van der Waals surface area (Å²) in [7, 11) is 0. The molecule has 0 atom stereocenters. The van der Waals surface area contributed by atoms with E-state index < -0.39 is 0 Å². The van der Waals surface area contributed by atoms with Gasteiger partial charge in [-0.2, -0.15) is 0 Å². The lowest BCUT2D eigenvalue weighted by atomic mass is 10.1. The first-order valence-electron chi connectivity index (χ1n) is 3.70. The molecule has 0 aliphatic carbocycles. The number of carbonyl (C=O) groups excluding carboxylic acids is 1. The highest BCUT2D eigenvalue weighted by Gasteiger charge is 1.98. The average molecular weight is 149 g/mol. The van der Waals surface area contributed by atoms with Crippen molar-refractivity contribution in [1.29, 1.82) is 0 Å². The molecule has 0 amide bonds. The van der Waals surface area contributed by atoms with Crippen molar-refractivity contribution in [1.82, 2.24) is 4.98 Å². The Morgan fingerprint density at radius 1 is 1.64 bits per heavy atom.